The van der Waals surface area contributed by atoms with Crippen LogP contribution in [0.3, 0.4) is 0 Å². The van der Waals surface area contributed by atoms with E-state index in [1.165, 1.54) is 0 Å². The lowest BCUT2D eigenvalue weighted by Gasteiger charge is -2.24. The number of rotatable bonds is 1. The molecule has 0 saturated carbocycles. The van der Waals surface area contributed by atoms with E-state index in [4.69, 9.17) is 11.5 Å². The van der Waals surface area contributed by atoms with Crippen LogP contribution in [0.1, 0.15) is 19.3 Å². The van der Waals surface area contributed by atoms with Gasteiger partial charge < -0.3 is 16.4 Å². The van der Waals surface area contributed by atoms with Gasteiger partial charge in [-0.2, -0.15) is 0 Å². The monoisotopic (exact) mass is 205 g/mol. The van der Waals surface area contributed by atoms with Gasteiger partial charge in [0.15, 0.2) is 0 Å². The number of hydrogen-bond acceptors (Lipinski definition) is 3. The molecule has 0 bridgehead atoms. The first-order chi connectivity index (χ1) is 7.27. The lowest BCUT2D eigenvalue weighted by molar-refractivity contribution is 0.601. The number of anilines is 2. The zero-order valence-electron chi connectivity index (χ0n) is 9.02. The van der Waals surface area contributed by atoms with Crippen molar-refractivity contribution in [2.24, 2.45) is 5.73 Å². The molecular formula is C12H19N3. The van der Waals surface area contributed by atoms with E-state index < -0.39 is 0 Å². The predicted octanol–water partition coefficient (Wildman–Crippen LogP) is 1.59. The average Bonchev–Trinajstić information content (AvgIpc) is 2.44. The van der Waals surface area contributed by atoms with Gasteiger partial charge in [0.25, 0.3) is 0 Å². The van der Waals surface area contributed by atoms with E-state index in [0.717, 1.165) is 43.7 Å². The van der Waals surface area contributed by atoms with Crippen LogP contribution in [-0.4, -0.2) is 19.1 Å². The zero-order valence-corrected chi connectivity index (χ0v) is 9.02. The fourth-order valence-corrected chi connectivity index (χ4v) is 2.14. The van der Waals surface area contributed by atoms with Gasteiger partial charge in [0.05, 0.1) is 11.4 Å². The fourth-order valence-electron chi connectivity index (χ4n) is 2.14. The van der Waals surface area contributed by atoms with Crippen LogP contribution in [0.25, 0.3) is 0 Å². The molecule has 1 aromatic rings. The lowest BCUT2D eigenvalue weighted by atomic mass is 10.1. The van der Waals surface area contributed by atoms with Gasteiger partial charge in [0, 0.05) is 19.1 Å². The summed E-state index contributed by atoms with van der Waals surface area (Å²) in [6.07, 6.45) is 3.35. The van der Waals surface area contributed by atoms with Crippen molar-refractivity contribution in [2.75, 3.05) is 23.7 Å². The molecule has 4 N–H and O–H groups in total. The SMILES string of the molecule is Nc1ccccc1N1CCCC(N)CC1. The van der Waals surface area contributed by atoms with Crippen molar-refractivity contribution in [3.05, 3.63) is 24.3 Å². The minimum absolute atomic E-state index is 0.361. The van der Waals surface area contributed by atoms with E-state index in [-0.39, 0.29) is 0 Å². The molecule has 1 aromatic carbocycles. The van der Waals surface area contributed by atoms with Gasteiger partial charge in [-0.3, -0.25) is 0 Å². The summed E-state index contributed by atoms with van der Waals surface area (Å²) in [7, 11) is 0. The standard InChI is InChI=1S/C12H19N3/c13-10-4-3-8-15(9-7-10)12-6-2-1-5-11(12)14/h1-2,5-6,10H,3-4,7-9,13-14H2. The number of nitrogens with two attached hydrogens (primary N) is 2. The number of hydrogen-bond donors (Lipinski definition) is 2. The van der Waals surface area contributed by atoms with Crippen LogP contribution < -0.4 is 16.4 Å². The molecule has 1 heterocycles. The highest BCUT2D eigenvalue weighted by Gasteiger charge is 2.15. The number of nitrogen functional groups attached to an aromatic ring is 1. The maximum absolute atomic E-state index is 5.96. The lowest BCUT2D eigenvalue weighted by Crippen LogP contribution is -2.26. The Morgan fingerprint density at radius 2 is 1.93 bits per heavy atom. The Bertz CT molecular complexity index is 324. The Kier molecular flexibility index (Phi) is 3.11. The number of nitrogens with zero attached hydrogens (tertiary/aromatic N) is 1. The first-order valence-electron chi connectivity index (χ1n) is 5.62. The van der Waals surface area contributed by atoms with Crippen LogP contribution in [0.2, 0.25) is 0 Å². The first-order valence-corrected chi connectivity index (χ1v) is 5.62. The minimum Gasteiger partial charge on any atom is -0.397 e. The summed E-state index contributed by atoms with van der Waals surface area (Å²) in [5, 5.41) is 0. The summed E-state index contributed by atoms with van der Waals surface area (Å²) >= 11 is 0. The molecular weight excluding hydrogens is 186 g/mol. The minimum atomic E-state index is 0.361. The van der Waals surface area contributed by atoms with E-state index in [0.29, 0.717) is 6.04 Å². The van der Waals surface area contributed by atoms with E-state index in [2.05, 4.69) is 11.0 Å². The second-order valence-electron chi connectivity index (χ2n) is 4.24. The molecule has 2 rings (SSSR count). The van der Waals surface area contributed by atoms with Gasteiger partial charge in [-0.25, -0.2) is 0 Å². The van der Waals surface area contributed by atoms with Crippen LogP contribution in [0.4, 0.5) is 11.4 Å². The molecule has 1 unspecified atom stereocenters. The molecule has 3 heteroatoms. The van der Waals surface area contributed by atoms with Crippen LogP contribution >= 0.6 is 0 Å². The van der Waals surface area contributed by atoms with Gasteiger partial charge in [-0.05, 0) is 31.4 Å². The highest BCUT2D eigenvalue weighted by Crippen LogP contribution is 2.24. The smallest absolute Gasteiger partial charge is 0.0599 e. The maximum Gasteiger partial charge on any atom is 0.0599 e. The van der Waals surface area contributed by atoms with E-state index >= 15 is 0 Å². The average molecular weight is 205 g/mol. The third-order valence-corrected chi connectivity index (χ3v) is 3.05. The summed E-state index contributed by atoms with van der Waals surface area (Å²) in [5.41, 5.74) is 13.9. The van der Waals surface area contributed by atoms with E-state index in [1.54, 1.807) is 0 Å². The Morgan fingerprint density at radius 3 is 2.73 bits per heavy atom. The molecule has 0 amide bonds. The molecule has 0 spiro atoms. The van der Waals surface area contributed by atoms with Crippen molar-refractivity contribution in [1.82, 2.24) is 0 Å². The Hall–Kier alpha value is -1.22. The van der Waals surface area contributed by atoms with Gasteiger partial charge in [0.1, 0.15) is 0 Å². The Morgan fingerprint density at radius 1 is 1.13 bits per heavy atom. The summed E-state index contributed by atoms with van der Waals surface area (Å²) in [6.45, 7) is 2.09. The quantitative estimate of drug-likeness (QED) is 0.684. The van der Waals surface area contributed by atoms with Crippen LogP contribution in [0, 0.1) is 0 Å². The van der Waals surface area contributed by atoms with E-state index in [1.807, 2.05) is 18.2 Å². The van der Waals surface area contributed by atoms with Crippen molar-refractivity contribution in [2.45, 2.75) is 25.3 Å². The Balaban J connectivity index is 2.13. The molecule has 15 heavy (non-hydrogen) atoms. The van der Waals surface area contributed by atoms with Gasteiger partial charge in [-0.15, -0.1) is 0 Å². The molecule has 0 aromatic heterocycles. The molecule has 3 nitrogen and oxygen atoms in total. The highest BCUT2D eigenvalue weighted by molar-refractivity contribution is 5.67. The van der Waals surface area contributed by atoms with Gasteiger partial charge in [-0.1, -0.05) is 12.1 Å². The molecule has 1 aliphatic rings. The normalized spacial score (nSPS) is 22.5. The fraction of sp³-hybridized carbons (Fsp3) is 0.500. The van der Waals surface area contributed by atoms with Crippen molar-refractivity contribution in [3.8, 4) is 0 Å². The molecule has 0 radical (unpaired) electrons. The summed E-state index contributed by atoms with van der Waals surface area (Å²) in [4.78, 5) is 2.35. The largest absolute Gasteiger partial charge is 0.397 e. The van der Waals surface area contributed by atoms with Crippen molar-refractivity contribution < 1.29 is 0 Å². The maximum atomic E-state index is 5.96. The molecule has 1 aliphatic heterocycles. The molecule has 1 saturated heterocycles. The second kappa shape index (κ2) is 4.53. The number of benzene rings is 1. The molecule has 0 aliphatic carbocycles. The summed E-state index contributed by atoms with van der Waals surface area (Å²) in [6, 6.07) is 8.42. The molecule has 1 atom stereocenters. The third-order valence-electron chi connectivity index (χ3n) is 3.05. The predicted molar refractivity (Wildman–Crippen MR) is 64.9 cm³/mol. The topological polar surface area (TPSA) is 55.3 Å². The van der Waals surface area contributed by atoms with Crippen LogP contribution in [0.15, 0.2) is 24.3 Å². The Labute approximate surface area is 91.1 Å². The van der Waals surface area contributed by atoms with Crippen LogP contribution in [0.5, 0.6) is 0 Å². The van der Waals surface area contributed by atoms with Crippen LogP contribution in [-0.2, 0) is 0 Å². The van der Waals surface area contributed by atoms with Gasteiger partial charge >= 0.3 is 0 Å². The zero-order chi connectivity index (χ0) is 10.7. The van der Waals surface area contributed by atoms with Crippen molar-refractivity contribution >= 4 is 11.4 Å². The summed E-state index contributed by atoms with van der Waals surface area (Å²) < 4.78 is 0. The third kappa shape index (κ3) is 2.42. The van der Waals surface area contributed by atoms with Crippen molar-refractivity contribution in [3.63, 3.8) is 0 Å². The first kappa shape index (κ1) is 10.3. The molecule has 82 valence electrons. The highest BCUT2D eigenvalue weighted by atomic mass is 15.1. The second-order valence-corrected chi connectivity index (χ2v) is 4.24. The van der Waals surface area contributed by atoms with E-state index in [9.17, 15) is 0 Å². The van der Waals surface area contributed by atoms with Crippen molar-refractivity contribution in [1.29, 1.82) is 0 Å². The summed E-state index contributed by atoms with van der Waals surface area (Å²) in [5.74, 6) is 0. The van der Waals surface area contributed by atoms with Gasteiger partial charge in [0.2, 0.25) is 0 Å². The number of para-hydroxylation sites is 2. The molecule has 1 fully saturated rings.